The predicted octanol–water partition coefficient (Wildman–Crippen LogP) is 7.14. The first-order valence-corrected chi connectivity index (χ1v) is 20.9. The number of hydrogen-bond acceptors (Lipinski definition) is 9. The summed E-state index contributed by atoms with van der Waals surface area (Å²) in [6.45, 7) is 8.58. The quantitative estimate of drug-likeness (QED) is 0.0922. The number of amides is 4. The molecule has 5 N–H and O–H groups in total. The average Bonchev–Trinajstić information content (AvgIpc) is 4.04. The van der Waals surface area contributed by atoms with Crippen LogP contribution in [0.4, 0.5) is 9.59 Å². The van der Waals surface area contributed by atoms with Crippen LogP contribution in [0.25, 0.3) is 31.8 Å². The van der Waals surface area contributed by atoms with Gasteiger partial charge >= 0.3 is 12.2 Å². The molecule has 2 fully saturated rings. The molecule has 0 aliphatic carbocycles. The molecule has 4 atom stereocenters. The number of alkyl carbamates (subject to hydrolysis) is 1. The largest absolute Gasteiger partial charge is 0.465 e. The predicted molar refractivity (Wildman–Crippen MR) is 219 cm³/mol. The number of hydrogen-bond donors (Lipinski definition) is 5. The van der Waals surface area contributed by atoms with Gasteiger partial charge in [0.15, 0.2) is 0 Å². The fourth-order valence-electron chi connectivity index (χ4n) is 7.63. The first-order valence-electron chi connectivity index (χ1n) is 19.1. The number of aromatic nitrogens is 4. The van der Waals surface area contributed by atoms with Crippen LogP contribution in [0.1, 0.15) is 88.4 Å². The first kappa shape index (κ1) is 39.6. The van der Waals surface area contributed by atoms with E-state index in [9.17, 15) is 24.3 Å². The van der Waals surface area contributed by atoms with E-state index in [0.29, 0.717) is 24.6 Å². The minimum Gasteiger partial charge on any atom is -0.465 e. The number of H-pyrrole nitrogens is 2. The van der Waals surface area contributed by atoms with Gasteiger partial charge < -0.3 is 40.2 Å². The minimum absolute atomic E-state index is 0.108. The normalized spacial score (nSPS) is 17.8. The third kappa shape index (κ3) is 8.26. The van der Waals surface area contributed by atoms with E-state index < -0.39 is 24.3 Å². The summed E-state index contributed by atoms with van der Waals surface area (Å²) in [5, 5.41) is 18.6. The molecule has 0 spiro atoms. The number of nitrogens with one attached hydrogen (secondary N) is 4. The Balaban J connectivity index is 1.02. The number of thiophene rings is 2. The van der Waals surface area contributed by atoms with E-state index >= 15 is 0 Å². The summed E-state index contributed by atoms with van der Waals surface area (Å²) < 4.78 is 7.03. The number of nitrogens with zero attached hydrogens (tertiary/aromatic N) is 4. The molecule has 16 heteroatoms. The summed E-state index contributed by atoms with van der Waals surface area (Å²) in [7, 11) is 1.29. The van der Waals surface area contributed by atoms with Gasteiger partial charge in [-0.05, 0) is 54.6 Å². The molecule has 0 radical (unpaired) electrons. The molecule has 6 heterocycles. The molecule has 7 rings (SSSR count). The molecule has 2 aliphatic heterocycles. The molecule has 2 aliphatic rings. The van der Waals surface area contributed by atoms with Crippen molar-refractivity contribution in [3.63, 3.8) is 0 Å². The standard InChI is InChI=1S/C41H46N8O6S2/c1-22(2)32(46-40(52)53)38(50)48-16-6-8-30(48)36-42-18-27(44-36)15-14-26-20-56-35-28(21-57-34(26)35)24-10-12-25(13-11-24)29-19-43-37(45-29)31-9-7-17-49(31)39(51)33(23(3)4)47-41(54)55-5/h10-13,18-23,30-33,46H,6-9,16-17H2,1-5H3,(H,42,44)(H,43,45)(H,47,54)(H,52,53)/t30?,31?,32-,33-/m0/s1. The summed E-state index contributed by atoms with van der Waals surface area (Å²) in [5.41, 5.74) is 5.63. The van der Waals surface area contributed by atoms with E-state index in [1.807, 2.05) is 27.7 Å². The number of imidazole rings is 2. The average molecular weight is 811 g/mol. The van der Waals surface area contributed by atoms with Crippen LogP contribution in [-0.4, -0.2) is 91.1 Å². The van der Waals surface area contributed by atoms with Crippen LogP contribution in [0.2, 0.25) is 0 Å². The zero-order valence-corrected chi connectivity index (χ0v) is 34.1. The molecule has 0 bridgehead atoms. The molecule has 298 valence electrons. The van der Waals surface area contributed by atoms with Crippen molar-refractivity contribution in [3.05, 3.63) is 70.3 Å². The van der Waals surface area contributed by atoms with Crippen molar-refractivity contribution in [1.29, 1.82) is 0 Å². The van der Waals surface area contributed by atoms with Crippen LogP contribution in [0.3, 0.4) is 0 Å². The van der Waals surface area contributed by atoms with E-state index in [1.54, 1.807) is 44.9 Å². The van der Waals surface area contributed by atoms with Crippen LogP contribution in [0.5, 0.6) is 0 Å². The molecule has 2 saturated heterocycles. The van der Waals surface area contributed by atoms with Gasteiger partial charge in [-0.1, -0.05) is 57.9 Å². The lowest BCUT2D eigenvalue weighted by Crippen LogP contribution is -2.51. The highest BCUT2D eigenvalue weighted by atomic mass is 32.1. The van der Waals surface area contributed by atoms with Crippen molar-refractivity contribution in [2.45, 2.75) is 77.5 Å². The Bertz CT molecular complexity index is 2330. The van der Waals surface area contributed by atoms with Gasteiger partial charge in [-0.15, -0.1) is 22.7 Å². The van der Waals surface area contributed by atoms with Gasteiger partial charge in [-0.3, -0.25) is 9.59 Å². The Hall–Kier alpha value is -5.66. The van der Waals surface area contributed by atoms with Gasteiger partial charge in [0.2, 0.25) is 11.8 Å². The fraction of sp³-hybridized carbons (Fsp3) is 0.415. The number of carbonyl (C=O) groups excluding carboxylic acids is 3. The Kier molecular flexibility index (Phi) is 11.7. The molecule has 2 unspecified atom stereocenters. The van der Waals surface area contributed by atoms with Crippen molar-refractivity contribution in [3.8, 4) is 34.2 Å². The number of rotatable bonds is 10. The summed E-state index contributed by atoms with van der Waals surface area (Å²) in [5.74, 6) is 7.21. The number of carbonyl (C=O) groups is 4. The molecular formula is C41H46N8O6S2. The Labute approximate surface area is 338 Å². The lowest BCUT2D eigenvalue weighted by Gasteiger charge is -2.30. The SMILES string of the molecule is COC(=O)N[C@H](C(=O)N1CCCC1c1ncc(-c2ccc(-c3csc4c(C#Cc5cnc(C6CCCN6C(=O)[C@@H](NC(=O)O)C(C)C)[nH]5)csc34)cc2)[nH]1)C(C)C. The lowest BCUT2D eigenvalue weighted by molar-refractivity contribution is -0.136. The van der Waals surface area contributed by atoms with Crippen molar-refractivity contribution in [1.82, 2.24) is 40.4 Å². The van der Waals surface area contributed by atoms with Gasteiger partial charge in [0.25, 0.3) is 0 Å². The van der Waals surface area contributed by atoms with Gasteiger partial charge in [-0.25, -0.2) is 19.6 Å². The maximum Gasteiger partial charge on any atom is 0.407 e. The summed E-state index contributed by atoms with van der Waals surface area (Å²) in [6, 6.07) is 6.34. The third-order valence-electron chi connectivity index (χ3n) is 10.6. The molecule has 5 aromatic rings. The Morgan fingerprint density at radius 1 is 0.807 bits per heavy atom. The number of carboxylic acid groups (broad SMARTS) is 1. The summed E-state index contributed by atoms with van der Waals surface area (Å²) in [4.78, 5) is 69.7. The van der Waals surface area contributed by atoms with Gasteiger partial charge in [0, 0.05) is 29.4 Å². The maximum absolute atomic E-state index is 13.6. The summed E-state index contributed by atoms with van der Waals surface area (Å²) >= 11 is 3.31. The fourth-order valence-corrected chi connectivity index (χ4v) is 9.94. The van der Waals surface area contributed by atoms with Crippen LogP contribution in [0.15, 0.2) is 47.4 Å². The van der Waals surface area contributed by atoms with E-state index in [1.165, 1.54) is 7.11 Å². The Morgan fingerprint density at radius 2 is 1.39 bits per heavy atom. The second-order valence-electron chi connectivity index (χ2n) is 15.1. The van der Waals surface area contributed by atoms with E-state index in [-0.39, 0.29) is 35.7 Å². The van der Waals surface area contributed by atoms with Crippen LogP contribution < -0.4 is 10.6 Å². The van der Waals surface area contributed by atoms with Crippen molar-refractivity contribution >= 4 is 56.1 Å². The molecule has 14 nitrogen and oxygen atoms in total. The highest BCUT2D eigenvalue weighted by Gasteiger charge is 2.39. The number of fused-ring (bicyclic) bond motifs is 1. The van der Waals surface area contributed by atoms with E-state index in [2.05, 4.69) is 77.4 Å². The minimum atomic E-state index is -1.22. The molecule has 4 amide bonds. The highest BCUT2D eigenvalue weighted by Crippen LogP contribution is 2.41. The molecule has 1 aromatic carbocycles. The second kappa shape index (κ2) is 16.8. The van der Waals surface area contributed by atoms with Gasteiger partial charge in [-0.2, -0.15) is 0 Å². The molecule has 57 heavy (non-hydrogen) atoms. The van der Waals surface area contributed by atoms with Crippen LogP contribution >= 0.6 is 22.7 Å². The summed E-state index contributed by atoms with van der Waals surface area (Å²) in [6.07, 6.45) is 4.80. The first-order chi connectivity index (χ1) is 27.4. The lowest BCUT2D eigenvalue weighted by atomic mass is 10.0. The highest BCUT2D eigenvalue weighted by molar-refractivity contribution is 7.27. The number of aromatic amines is 2. The third-order valence-corrected chi connectivity index (χ3v) is 12.8. The van der Waals surface area contributed by atoms with Crippen LogP contribution in [0, 0.1) is 23.7 Å². The molecular weight excluding hydrogens is 765 g/mol. The van der Waals surface area contributed by atoms with Gasteiger partial charge in [0.1, 0.15) is 29.4 Å². The van der Waals surface area contributed by atoms with Crippen molar-refractivity contribution < 1.29 is 29.0 Å². The number of benzene rings is 1. The monoisotopic (exact) mass is 810 g/mol. The number of methoxy groups -OCH3 is 1. The van der Waals surface area contributed by atoms with E-state index in [4.69, 9.17) is 4.74 Å². The second-order valence-corrected chi connectivity index (χ2v) is 16.8. The number of ether oxygens (including phenoxy) is 1. The Morgan fingerprint density at radius 3 is 2.00 bits per heavy atom. The number of likely N-dealkylation sites (tertiary alicyclic amines) is 2. The zero-order valence-electron chi connectivity index (χ0n) is 32.4. The maximum atomic E-state index is 13.6. The molecule has 4 aromatic heterocycles. The molecule has 0 saturated carbocycles. The van der Waals surface area contributed by atoms with Gasteiger partial charge in [0.05, 0.1) is 52.2 Å². The zero-order chi connectivity index (χ0) is 40.4. The van der Waals surface area contributed by atoms with Crippen LogP contribution in [-0.2, 0) is 14.3 Å². The van der Waals surface area contributed by atoms with E-state index in [0.717, 1.165) is 68.9 Å². The van der Waals surface area contributed by atoms with Crippen molar-refractivity contribution in [2.24, 2.45) is 11.8 Å². The smallest absolute Gasteiger partial charge is 0.407 e. The topological polar surface area (TPSA) is 186 Å². The van der Waals surface area contributed by atoms with Crippen molar-refractivity contribution in [2.75, 3.05) is 20.2 Å².